The molecule has 0 saturated heterocycles. The van der Waals surface area contributed by atoms with E-state index < -0.39 is 10.0 Å². The Balaban J connectivity index is 2.14. The largest absolute Gasteiger partial charge is 0.487 e. The number of aryl methyl sites for hydroxylation is 2. The van der Waals surface area contributed by atoms with E-state index in [0.717, 1.165) is 5.69 Å². The summed E-state index contributed by atoms with van der Waals surface area (Å²) < 4.78 is 29.7. The molecule has 0 radical (unpaired) electrons. The molecule has 0 saturated carbocycles. The third kappa shape index (κ3) is 3.33. The highest BCUT2D eigenvalue weighted by atomic mass is 32.2. The van der Waals surface area contributed by atoms with E-state index in [9.17, 15) is 8.42 Å². The van der Waals surface area contributed by atoms with Gasteiger partial charge in [-0.15, -0.1) is 0 Å². The molecule has 1 aromatic heterocycles. The number of aromatic nitrogens is 2. The van der Waals surface area contributed by atoms with Crippen molar-refractivity contribution in [1.29, 1.82) is 0 Å². The molecule has 7 heteroatoms. The maximum Gasteiger partial charge on any atom is 0.238 e. The van der Waals surface area contributed by atoms with Gasteiger partial charge in [0.15, 0.2) is 0 Å². The zero-order valence-corrected chi connectivity index (χ0v) is 11.5. The van der Waals surface area contributed by atoms with E-state index in [0.29, 0.717) is 17.9 Å². The maximum absolute atomic E-state index is 11.2. The highest BCUT2D eigenvalue weighted by Crippen LogP contribution is 2.21. The molecule has 0 atom stereocenters. The monoisotopic (exact) mass is 281 g/mol. The molecule has 6 nitrogen and oxygen atoms in total. The lowest BCUT2D eigenvalue weighted by molar-refractivity contribution is 0.298. The van der Waals surface area contributed by atoms with Gasteiger partial charge in [0.25, 0.3) is 0 Å². The lowest BCUT2D eigenvalue weighted by atomic mass is 10.2. The SMILES string of the molecule is Cc1cc(S(N)(=O)=O)ccc1OCc1ccn(C)n1. The fraction of sp³-hybridized carbons (Fsp3) is 0.250. The van der Waals surface area contributed by atoms with E-state index in [4.69, 9.17) is 9.88 Å². The van der Waals surface area contributed by atoms with E-state index in [-0.39, 0.29) is 4.90 Å². The van der Waals surface area contributed by atoms with E-state index in [1.54, 1.807) is 17.7 Å². The fourth-order valence-electron chi connectivity index (χ4n) is 1.65. The van der Waals surface area contributed by atoms with E-state index in [1.807, 2.05) is 19.3 Å². The Morgan fingerprint density at radius 1 is 1.37 bits per heavy atom. The molecule has 19 heavy (non-hydrogen) atoms. The quantitative estimate of drug-likeness (QED) is 0.904. The summed E-state index contributed by atoms with van der Waals surface area (Å²) >= 11 is 0. The van der Waals surface area contributed by atoms with Gasteiger partial charge in [0, 0.05) is 13.2 Å². The first-order chi connectivity index (χ1) is 8.86. The zero-order valence-electron chi connectivity index (χ0n) is 10.7. The smallest absolute Gasteiger partial charge is 0.238 e. The van der Waals surface area contributed by atoms with Crippen molar-refractivity contribution in [2.45, 2.75) is 18.4 Å². The number of nitrogens with two attached hydrogens (primary N) is 1. The third-order valence-corrected chi connectivity index (χ3v) is 3.53. The molecule has 1 heterocycles. The predicted octanol–water partition coefficient (Wildman–Crippen LogP) is 0.955. The van der Waals surface area contributed by atoms with Gasteiger partial charge in [0.1, 0.15) is 12.4 Å². The van der Waals surface area contributed by atoms with Crippen LogP contribution in [0.3, 0.4) is 0 Å². The molecule has 2 rings (SSSR count). The maximum atomic E-state index is 11.2. The van der Waals surface area contributed by atoms with Gasteiger partial charge in [-0.25, -0.2) is 13.6 Å². The Morgan fingerprint density at radius 2 is 2.11 bits per heavy atom. The Kier molecular flexibility index (Phi) is 3.59. The van der Waals surface area contributed by atoms with Gasteiger partial charge in [-0.1, -0.05) is 0 Å². The summed E-state index contributed by atoms with van der Waals surface area (Å²) in [6.45, 7) is 2.10. The summed E-state index contributed by atoms with van der Waals surface area (Å²) in [7, 11) is -1.85. The van der Waals surface area contributed by atoms with Crippen molar-refractivity contribution < 1.29 is 13.2 Å². The summed E-state index contributed by atoms with van der Waals surface area (Å²) in [5, 5.41) is 9.25. The van der Waals surface area contributed by atoms with Gasteiger partial charge in [0.05, 0.1) is 10.6 Å². The number of primary sulfonamides is 1. The van der Waals surface area contributed by atoms with Crippen molar-refractivity contribution in [3.05, 3.63) is 41.7 Å². The number of nitrogens with zero attached hydrogens (tertiary/aromatic N) is 2. The highest BCUT2D eigenvalue weighted by molar-refractivity contribution is 7.89. The molecule has 2 N–H and O–H groups in total. The molecule has 0 unspecified atom stereocenters. The summed E-state index contributed by atoms with van der Waals surface area (Å²) in [5.41, 5.74) is 1.51. The van der Waals surface area contributed by atoms with Crippen LogP contribution in [0.1, 0.15) is 11.3 Å². The van der Waals surface area contributed by atoms with Crippen molar-refractivity contribution in [3.63, 3.8) is 0 Å². The van der Waals surface area contributed by atoms with Crippen LogP contribution in [0.5, 0.6) is 5.75 Å². The molecule has 0 bridgehead atoms. The summed E-state index contributed by atoms with van der Waals surface area (Å²) in [6.07, 6.45) is 1.83. The van der Waals surface area contributed by atoms with E-state index in [2.05, 4.69) is 5.10 Å². The standard InChI is InChI=1S/C12H15N3O3S/c1-9-7-11(19(13,16)17)3-4-12(9)18-8-10-5-6-15(2)14-10/h3-7H,8H2,1-2H3,(H2,13,16,17). The molecule has 102 valence electrons. The van der Waals surface area contributed by atoms with Crippen LogP contribution in [-0.4, -0.2) is 18.2 Å². The van der Waals surface area contributed by atoms with Crippen molar-refractivity contribution in [2.24, 2.45) is 12.2 Å². The van der Waals surface area contributed by atoms with Crippen LogP contribution in [0.2, 0.25) is 0 Å². The predicted molar refractivity (Wildman–Crippen MR) is 70.1 cm³/mol. The van der Waals surface area contributed by atoms with Crippen molar-refractivity contribution in [3.8, 4) is 5.75 Å². The minimum atomic E-state index is -3.68. The zero-order chi connectivity index (χ0) is 14.0. The average Bonchev–Trinajstić information content (AvgIpc) is 2.72. The number of benzene rings is 1. The third-order valence-electron chi connectivity index (χ3n) is 2.62. The van der Waals surface area contributed by atoms with Gasteiger partial charge in [0.2, 0.25) is 10.0 Å². The molecule has 2 aromatic rings. The van der Waals surface area contributed by atoms with E-state index in [1.165, 1.54) is 12.1 Å². The first-order valence-electron chi connectivity index (χ1n) is 5.61. The van der Waals surface area contributed by atoms with Crippen LogP contribution in [0.15, 0.2) is 35.4 Å². The first kappa shape index (κ1) is 13.6. The van der Waals surface area contributed by atoms with Gasteiger partial charge in [-0.05, 0) is 36.8 Å². The Hall–Kier alpha value is -1.86. The molecule has 0 aliphatic carbocycles. The fourth-order valence-corrected chi connectivity index (χ4v) is 2.25. The molecule has 0 amide bonds. The molecule has 1 aromatic carbocycles. The van der Waals surface area contributed by atoms with Crippen molar-refractivity contribution >= 4 is 10.0 Å². The number of hydrogen-bond donors (Lipinski definition) is 1. The minimum Gasteiger partial charge on any atom is -0.487 e. The van der Waals surface area contributed by atoms with Gasteiger partial charge >= 0.3 is 0 Å². The number of rotatable bonds is 4. The first-order valence-corrected chi connectivity index (χ1v) is 7.15. The normalized spacial score (nSPS) is 11.5. The van der Waals surface area contributed by atoms with E-state index >= 15 is 0 Å². The molecular formula is C12H15N3O3S. The Morgan fingerprint density at radius 3 is 2.63 bits per heavy atom. The van der Waals surface area contributed by atoms with Crippen molar-refractivity contribution in [1.82, 2.24) is 9.78 Å². The minimum absolute atomic E-state index is 0.0789. The summed E-state index contributed by atoms with van der Waals surface area (Å²) in [6, 6.07) is 6.37. The van der Waals surface area contributed by atoms with Crippen LogP contribution in [0.25, 0.3) is 0 Å². The summed E-state index contributed by atoms with van der Waals surface area (Å²) in [5.74, 6) is 0.609. The Labute approximate surface area is 111 Å². The molecule has 0 spiro atoms. The lowest BCUT2D eigenvalue weighted by Crippen LogP contribution is -2.12. The van der Waals surface area contributed by atoms with Crippen LogP contribution in [-0.2, 0) is 23.7 Å². The number of sulfonamides is 1. The van der Waals surface area contributed by atoms with Crippen molar-refractivity contribution in [2.75, 3.05) is 0 Å². The summed E-state index contributed by atoms with van der Waals surface area (Å²) in [4.78, 5) is 0.0789. The highest BCUT2D eigenvalue weighted by Gasteiger charge is 2.10. The molecular weight excluding hydrogens is 266 g/mol. The van der Waals surface area contributed by atoms with Crippen LogP contribution < -0.4 is 9.88 Å². The van der Waals surface area contributed by atoms with Gasteiger partial charge in [-0.3, -0.25) is 4.68 Å². The van der Waals surface area contributed by atoms with Gasteiger partial charge < -0.3 is 4.74 Å². The number of ether oxygens (including phenoxy) is 1. The van der Waals surface area contributed by atoms with Crippen LogP contribution in [0.4, 0.5) is 0 Å². The van der Waals surface area contributed by atoms with Gasteiger partial charge in [-0.2, -0.15) is 5.10 Å². The Bertz CT molecular complexity index is 692. The lowest BCUT2D eigenvalue weighted by Gasteiger charge is -2.09. The number of hydrogen-bond acceptors (Lipinski definition) is 4. The second-order valence-corrected chi connectivity index (χ2v) is 5.80. The topological polar surface area (TPSA) is 87.2 Å². The average molecular weight is 281 g/mol. The second-order valence-electron chi connectivity index (χ2n) is 4.24. The second kappa shape index (κ2) is 5.02. The molecule has 0 fully saturated rings. The van der Waals surface area contributed by atoms with Crippen LogP contribution >= 0.6 is 0 Å². The molecule has 0 aliphatic heterocycles. The molecule has 0 aliphatic rings. The van der Waals surface area contributed by atoms with Crippen LogP contribution in [0, 0.1) is 6.92 Å².